The van der Waals surface area contributed by atoms with Crippen LogP contribution in [0.15, 0.2) is 54.6 Å². The Morgan fingerprint density at radius 1 is 1.00 bits per heavy atom. The molecule has 2 aromatic heterocycles. The van der Waals surface area contributed by atoms with Crippen molar-refractivity contribution in [1.29, 1.82) is 0 Å². The topological polar surface area (TPSA) is 55.6 Å². The van der Waals surface area contributed by atoms with E-state index in [-0.39, 0.29) is 0 Å². The largest absolute Gasteiger partial charge is 0.364 e. The minimum absolute atomic E-state index is 0.638. The maximum absolute atomic E-state index is 6.01. The van der Waals surface area contributed by atoms with Gasteiger partial charge in [-0.15, -0.1) is 0 Å². The zero-order valence-electron chi connectivity index (χ0n) is 17.1. The first-order valence-electron chi connectivity index (χ1n) is 10.1. The van der Waals surface area contributed by atoms with E-state index in [9.17, 15) is 0 Å². The number of hydrogen-bond acceptors (Lipinski definition) is 4. The fourth-order valence-corrected chi connectivity index (χ4v) is 3.51. The van der Waals surface area contributed by atoms with Crippen molar-refractivity contribution in [2.75, 3.05) is 5.32 Å². The van der Waals surface area contributed by atoms with Gasteiger partial charge in [-0.1, -0.05) is 73.5 Å². The van der Waals surface area contributed by atoms with Crippen LogP contribution in [0.25, 0.3) is 23.2 Å². The van der Waals surface area contributed by atoms with Gasteiger partial charge in [0.05, 0.1) is 5.69 Å². The molecule has 0 aliphatic heterocycles. The standard InChI is InChI=1S/C24H24ClN5/c1-3-7-20-22-23(30(2)29-20)24(26-16-18-10-13-19(25)14-11-18)28-21(27-22)15-12-17-8-5-4-6-9-17/h4-6,8-15H,3,7,16H2,1-2H3,(H,26,27,28)/b15-12+. The average molecular weight is 418 g/mol. The molecule has 4 rings (SSSR count). The van der Waals surface area contributed by atoms with Crippen molar-refractivity contribution >= 4 is 40.6 Å². The minimum Gasteiger partial charge on any atom is -0.364 e. The van der Waals surface area contributed by atoms with E-state index in [1.165, 1.54) is 0 Å². The number of nitrogens with one attached hydrogen (secondary N) is 1. The van der Waals surface area contributed by atoms with Crippen LogP contribution in [0.5, 0.6) is 0 Å². The highest BCUT2D eigenvalue weighted by atomic mass is 35.5. The van der Waals surface area contributed by atoms with Crippen LogP contribution in [0, 0.1) is 0 Å². The number of aryl methyl sites for hydroxylation is 2. The number of nitrogens with zero attached hydrogens (tertiary/aromatic N) is 4. The third-order valence-electron chi connectivity index (χ3n) is 4.85. The van der Waals surface area contributed by atoms with Gasteiger partial charge in [0.25, 0.3) is 0 Å². The van der Waals surface area contributed by atoms with Gasteiger partial charge in [-0.2, -0.15) is 5.10 Å². The first-order valence-corrected chi connectivity index (χ1v) is 10.5. The number of halogens is 1. The summed E-state index contributed by atoms with van der Waals surface area (Å²) in [6.07, 6.45) is 5.87. The SMILES string of the molecule is CCCc1nn(C)c2c(NCc3ccc(Cl)cc3)nc(/C=C/c3ccccc3)nc12. The summed E-state index contributed by atoms with van der Waals surface area (Å²) < 4.78 is 1.87. The third kappa shape index (κ3) is 4.52. The summed E-state index contributed by atoms with van der Waals surface area (Å²) in [5.41, 5.74) is 5.06. The van der Waals surface area contributed by atoms with Gasteiger partial charge >= 0.3 is 0 Å². The molecule has 152 valence electrons. The van der Waals surface area contributed by atoms with Crippen LogP contribution in [-0.4, -0.2) is 19.7 Å². The molecule has 1 N–H and O–H groups in total. The van der Waals surface area contributed by atoms with Gasteiger partial charge < -0.3 is 5.32 Å². The molecule has 0 amide bonds. The maximum Gasteiger partial charge on any atom is 0.156 e. The third-order valence-corrected chi connectivity index (χ3v) is 5.11. The Morgan fingerprint density at radius 3 is 2.50 bits per heavy atom. The summed E-state index contributed by atoms with van der Waals surface area (Å²) in [5.74, 6) is 1.44. The lowest BCUT2D eigenvalue weighted by atomic mass is 10.2. The van der Waals surface area contributed by atoms with Crippen LogP contribution in [0.1, 0.15) is 36.0 Å². The monoisotopic (exact) mass is 417 g/mol. The molecule has 0 spiro atoms. The van der Waals surface area contributed by atoms with Gasteiger partial charge in [0.15, 0.2) is 11.6 Å². The molecule has 0 aliphatic rings. The van der Waals surface area contributed by atoms with E-state index < -0.39 is 0 Å². The number of aromatic nitrogens is 4. The van der Waals surface area contributed by atoms with Crippen molar-refractivity contribution in [1.82, 2.24) is 19.7 Å². The molecule has 2 heterocycles. The van der Waals surface area contributed by atoms with Crippen LogP contribution in [-0.2, 0) is 20.0 Å². The lowest BCUT2D eigenvalue weighted by Gasteiger charge is -2.09. The first kappa shape index (κ1) is 20.1. The Bertz CT molecular complexity index is 1160. The van der Waals surface area contributed by atoms with Gasteiger partial charge in [0.1, 0.15) is 11.0 Å². The highest BCUT2D eigenvalue weighted by Gasteiger charge is 2.16. The lowest BCUT2D eigenvalue weighted by molar-refractivity contribution is 0.752. The average Bonchev–Trinajstić information content (AvgIpc) is 3.08. The number of benzene rings is 2. The van der Waals surface area contributed by atoms with Gasteiger partial charge in [-0.05, 0) is 35.8 Å². The number of rotatable bonds is 7. The molecule has 0 saturated heterocycles. The summed E-state index contributed by atoms with van der Waals surface area (Å²) in [4.78, 5) is 9.61. The Balaban J connectivity index is 1.72. The highest BCUT2D eigenvalue weighted by Crippen LogP contribution is 2.25. The van der Waals surface area contributed by atoms with E-state index in [1.54, 1.807) is 0 Å². The number of anilines is 1. The van der Waals surface area contributed by atoms with Crippen molar-refractivity contribution in [3.05, 3.63) is 82.3 Å². The smallest absolute Gasteiger partial charge is 0.156 e. The molecule has 4 aromatic rings. The molecule has 0 atom stereocenters. The van der Waals surface area contributed by atoms with Crippen LogP contribution in [0.4, 0.5) is 5.82 Å². The van der Waals surface area contributed by atoms with Gasteiger partial charge in [-0.3, -0.25) is 4.68 Å². The maximum atomic E-state index is 6.01. The van der Waals surface area contributed by atoms with E-state index in [2.05, 4.69) is 24.4 Å². The fourth-order valence-electron chi connectivity index (χ4n) is 3.38. The summed E-state index contributed by atoms with van der Waals surface area (Å²) in [6, 6.07) is 18.0. The van der Waals surface area contributed by atoms with Crippen molar-refractivity contribution in [3.63, 3.8) is 0 Å². The predicted octanol–water partition coefficient (Wildman–Crippen LogP) is 5.75. The minimum atomic E-state index is 0.638. The zero-order valence-corrected chi connectivity index (χ0v) is 17.9. The van der Waals surface area contributed by atoms with Crippen LogP contribution in [0.2, 0.25) is 5.02 Å². The van der Waals surface area contributed by atoms with Crippen LogP contribution in [0.3, 0.4) is 0 Å². The molecule has 0 bridgehead atoms. The quantitative estimate of drug-likeness (QED) is 0.416. The van der Waals surface area contributed by atoms with Crippen LogP contribution < -0.4 is 5.32 Å². The summed E-state index contributed by atoms with van der Waals surface area (Å²) in [6.45, 7) is 2.79. The molecule has 0 saturated carbocycles. The molecule has 0 aliphatic carbocycles. The number of fused-ring (bicyclic) bond motifs is 1. The molecule has 0 fully saturated rings. The number of hydrogen-bond donors (Lipinski definition) is 1. The molecular formula is C24H24ClN5. The van der Waals surface area contributed by atoms with E-state index in [0.717, 1.165) is 51.5 Å². The van der Waals surface area contributed by atoms with Crippen molar-refractivity contribution in [3.8, 4) is 0 Å². The van der Waals surface area contributed by atoms with Crippen molar-refractivity contribution in [2.24, 2.45) is 7.05 Å². The highest BCUT2D eigenvalue weighted by molar-refractivity contribution is 6.30. The molecule has 0 radical (unpaired) electrons. The molecule has 6 heteroatoms. The fraction of sp³-hybridized carbons (Fsp3) is 0.208. The molecule has 30 heavy (non-hydrogen) atoms. The summed E-state index contributed by atoms with van der Waals surface area (Å²) in [7, 11) is 1.94. The second kappa shape index (κ2) is 9.09. The first-order chi connectivity index (χ1) is 14.6. The summed E-state index contributed by atoms with van der Waals surface area (Å²) in [5, 5.41) is 8.90. The van der Waals surface area contributed by atoms with Gasteiger partial charge in [0.2, 0.25) is 0 Å². The normalized spacial score (nSPS) is 11.4. The Kier molecular flexibility index (Phi) is 6.10. The van der Waals surface area contributed by atoms with E-state index in [0.29, 0.717) is 12.4 Å². The zero-order chi connectivity index (χ0) is 20.9. The Morgan fingerprint density at radius 2 is 1.77 bits per heavy atom. The van der Waals surface area contributed by atoms with Gasteiger partial charge in [0, 0.05) is 18.6 Å². The molecular weight excluding hydrogens is 394 g/mol. The van der Waals surface area contributed by atoms with Gasteiger partial charge in [-0.25, -0.2) is 9.97 Å². The second-order valence-corrected chi connectivity index (χ2v) is 7.61. The van der Waals surface area contributed by atoms with E-state index in [1.807, 2.05) is 66.3 Å². The lowest BCUT2D eigenvalue weighted by Crippen LogP contribution is -2.06. The Labute approximate surface area is 181 Å². The van der Waals surface area contributed by atoms with E-state index in [4.69, 9.17) is 26.7 Å². The van der Waals surface area contributed by atoms with Crippen molar-refractivity contribution < 1.29 is 0 Å². The Hall–Kier alpha value is -3.18. The van der Waals surface area contributed by atoms with E-state index >= 15 is 0 Å². The summed E-state index contributed by atoms with van der Waals surface area (Å²) >= 11 is 6.01. The second-order valence-electron chi connectivity index (χ2n) is 7.17. The predicted molar refractivity (Wildman–Crippen MR) is 124 cm³/mol. The molecule has 5 nitrogen and oxygen atoms in total. The molecule has 0 unspecified atom stereocenters. The molecule has 2 aromatic carbocycles. The van der Waals surface area contributed by atoms with Crippen LogP contribution >= 0.6 is 11.6 Å². The van der Waals surface area contributed by atoms with Crippen molar-refractivity contribution in [2.45, 2.75) is 26.3 Å².